The van der Waals surface area contributed by atoms with Crippen molar-refractivity contribution in [2.75, 3.05) is 13.1 Å². The van der Waals surface area contributed by atoms with Gasteiger partial charge in [-0.25, -0.2) is 4.79 Å². The number of hydrogen-bond acceptors (Lipinski definition) is 4. The lowest BCUT2D eigenvalue weighted by molar-refractivity contribution is -0.143. The molecule has 0 aliphatic heterocycles. The van der Waals surface area contributed by atoms with E-state index in [0.29, 0.717) is 19.5 Å². The standard InChI is InChI=1S/C32H55N3O4/c1-10-13-15-16-17-22-35(30(37)27(23(4)12-3)34-31(38)39-32(7,8)9)28(29(36)33-21-14-11-2)26-20-18-19-24(5)25(26)6/h18-20,23,27-28H,10-17,21-22H2,1-9H3,(H,33,36)(H,34,38). The first-order chi connectivity index (χ1) is 18.4. The van der Waals surface area contributed by atoms with E-state index < -0.39 is 23.8 Å². The van der Waals surface area contributed by atoms with Gasteiger partial charge in [0.25, 0.3) is 0 Å². The highest BCUT2D eigenvalue weighted by Gasteiger charge is 2.38. The third-order valence-electron chi connectivity index (χ3n) is 7.27. The fourth-order valence-corrected chi connectivity index (χ4v) is 4.55. The molecule has 0 aromatic heterocycles. The summed E-state index contributed by atoms with van der Waals surface area (Å²) in [6.45, 7) is 18.6. The molecule has 0 bridgehead atoms. The summed E-state index contributed by atoms with van der Waals surface area (Å²) >= 11 is 0. The summed E-state index contributed by atoms with van der Waals surface area (Å²) < 4.78 is 5.51. The maximum absolute atomic E-state index is 14.4. The van der Waals surface area contributed by atoms with Crippen molar-refractivity contribution < 1.29 is 19.1 Å². The highest BCUT2D eigenvalue weighted by atomic mass is 16.6. The van der Waals surface area contributed by atoms with Gasteiger partial charge in [-0.2, -0.15) is 0 Å². The van der Waals surface area contributed by atoms with Gasteiger partial charge in [-0.15, -0.1) is 0 Å². The quantitative estimate of drug-likeness (QED) is 0.219. The number of carbonyl (C=O) groups is 3. The van der Waals surface area contributed by atoms with E-state index >= 15 is 0 Å². The van der Waals surface area contributed by atoms with Crippen molar-refractivity contribution in [2.45, 2.75) is 131 Å². The number of carbonyl (C=O) groups excluding carboxylic acids is 3. The molecule has 39 heavy (non-hydrogen) atoms. The molecule has 0 heterocycles. The topological polar surface area (TPSA) is 87.7 Å². The van der Waals surface area contributed by atoms with Crippen LogP contribution in [0.1, 0.15) is 123 Å². The second kappa shape index (κ2) is 17.2. The zero-order chi connectivity index (χ0) is 29.6. The Morgan fingerprint density at radius 1 is 0.949 bits per heavy atom. The number of unbranched alkanes of at least 4 members (excludes halogenated alkanes) is 5. The molecule has 1 aromatic carbocycles. The second-order valence-corrected chi connectivity index (χ2v) is 11.8. The van der Waals surface area contributed by atoms with Gasteiger partial charge in [0, 0.05) is 13.1 Å². The molecule has 0 spiro atoms. The van der Waals surface area contributed by atoms with Gasteiger partial charge in [-0.1, -0.05) is 84.4 Å². The number of ether oxygens (including phenoxy) is 1. The summed E-state index contributed by atoms with van der Waals surface area (Å²) in [4.78, 5) is 42.7. The van der Waals surface area contributed by atoms with Gasteiger partial charge in [0.2, 0.25) is 11.8 Å². The summed E-state index contributed by atoms with van der Waals surface area (Å²) in [7, 11) is 0. The molecule has 0 aliphatic rings. The molecule has 0 saturated heterocycles. The minimum absolute atomic E-state index is 0.144. The fourth-order valence-electron chi connectivity index (χ4n) is 4.55. The van der Waals surface area contributed by atoms with E-state index in [0.717, 1.165) is 61.6 Å². The summed E-state index contributed by atoms with van der Waals surface area (Å²) in [6.07, 6.45) is 7.01. The molecule has 0 saturated carbocycles. The molecule has 3 unspecified atom stereocenters. The smallest absolute Gasteiger partial charge is 0.408 e. The van der Waals surface area contributed by atoms with Crippen LogP contribution in [0, 0.1) is 19.8 Å². The Labute approximate surface area is 237 Å². The minimum atomic E-state index is -0.809. The number of nitrogens with one attached hydrogen (secondary N) is 2. The summed E-state index contributed by atoms with van der Waals surface area (Å²) in [5.74, 6) is -0.573. The maximum atomic E-state index is 14.4. The molecule has 1 rings (SSSR count). The van der Waals surface area contributed by atoms with Crippen LogP contribution in [0.2, 0.25) is 0 Å². The van der Waals surface area contributed by atoms with Crippen molar-refractivity contribution in [3.8, 4) is 0 Å². The number of benzene rings is 1. The van der Waals surface area contributed by atoms with E-state index in [2.05, 4.69) is 24.5 Å². The second-order valence-electron chi connectivity index (χ2n) is 11.8. The molecule has 1 aromatic rings. The van der Waals surface area contributed by atoms with Gasteiger partial charge in [-0.3, -0.25) is 9.59 Å². The van der Waals surface area contributed by atoms with Crippen molar-refractivity contribution in [1.29, 1.82) is 0 Å². The van der Waals surface area contributed by atoms with Gasteiger partial charge >= 0.3 is 6.09 Å². The fraction of sp³-hybridized carbons (Fsp3) is 0.719. The first kappa shape index (κ1) is 34.5. The Kier molecular flexibility index (Phi) is 15.2. The van der Waals surface area contributed by atoms with Crippen LogP contribution >= 0.6 is 0 Å². The Morgan fingerprint density at radius 2 is 1.59 bits per heavy atom. The van der Waals surface area contributed by atoms with Gasteiger partial charge < -0.3 is 20.3 Å². The van der Waals surface area contributed by atoms with Crippen LogP contribution < -0.4 is 10.6 Å². The van der Waals surface area contributed by atoms with Crippen molar-refractivity contribution in [1.82, 2.24) is 15.5 Å². The van der Waals surface area contributed by atoms with Crippen LogP contribution in [0.25, 0.3) is 0 Å². The third-order valence-corrected chi connectivity index (χ3v) is 7.27. The van der Waals surface area contributed by atoms with E-state index in [1.165, 1.54) is 0 Å². The first-order valence-corrected chi connectivity index (χ1v) is 15.0. The van der Waals surface area contributed by atoms with Crippen LogP contribution in [0.15, 0.2) is 18.2 Å². The lowest BCUT2D eigenvalue weighted by Crippen LogP contribution is -2.55. The lowest BCUT2D eigenvalue weighted by atomic mass is 9.92. The Balaban J connectivity index is 3.54. The van der Waals surface area contributed by atoms with Crippen LogP contribution in [0.4, 0.5) is 4.79 Å². The number of aryl methyl sites for hydroxylation is 1. The minimum Gasteiger partial charge on any atom is -0.444 e. The van der Waals surface area contributed by atoms with E-state index in [4.69, 9.17) is 4.74 Å². The molecule has 3 atom stereocenters. The van der Waals surface area contributed by atoms with Crippen molar-refractivity contribution in [3.05, 3.63) is 34.9 Å². The molecule has 3 amide bonds. The van der Waals surface area contributed by atoms with Crippen molar-refractivity contribution >= 4 is 17.9 Å². The predicted octanol–water partition coefficient (Wildman–Crippen LogP) is 7.00. The Bertz CT molecular complexity index is 909. The van der Waals surface area contributed by atoms with Gasteiger partial charge in [0.15, 0.2) is 0 Å². The average molecular weight is 546 g/mol. The van der Waals surface area contributed by atoms with Crippen LogP contribution in [0.3, 0.4) is 0 Å². The molecule has 0 radical (unpaired) electrons. The van der Waals surface area contributed by atoms with Gasteiger partial charge in [-0.05, 0) is 70.1 Å². The number of amides is 3. The van der Waals surface area contributed by atoms with E-state index in [-0.39, 0.29) is 17.7 Å². The van der Waals surface area contributed by atoms with Gasteiger partial charge in [0.1, 0.15) is 17.7 Å². The largest absolute Gasteiger partial charge is 0.444 e. The molecule has 7 heteroatoms. The Morgan fingerprint density at radius 3 is 2.18 bits per heavy atom. The molecule has 7 nitrogen and oxygen atoms in total. The van der Waals surface area contributed by atoms with Gasteiger partial charge in [0.05, 0.1) is 0 Å². The molecule has 222 valence electrons. The predicted molar refractivity (Wildman–Crippen MR) is 160 cm³/mol. The molecule has 0 fully saturated rings. The zero-order valence-corrected chi connectivity index (χ0v) is 26.1. The molecular weight excluding hydrogens is 490 g/mol. The van der Waals surface area contributed by atoms with E-state index in [1.54, 1.807) is 25.7 Å². The number of hydrogen-bond donors (Lipinski definition) is 2. The zero-order valence-electron chi connectivity index (χ0n) is 26.1. The molecule has 2 N–H and O–H groups in total. The molecular formula is C32H55N3O4. The SMILES string of the molecule is CCCCCCCN(C(=O)C(NC(=O)OC(C)(C)C)C(C)CC)C(C(=O)NCCCC)c1cccc(C)c1C. The highest BCUT2D eigenvalue weighted by Crippen LogP contribution is 2.29. The van der Waals surface area contributed by atoms with E-state index in [9.17, 15) is 14.4 Å². The van der Waals surface area contributed by atoms with Crippen molar-refractivity contribution in [3.63, 3.8) is 0 Å². The van der Waals surface area contributed by atoms with Crippen LogP contribution in [0.5, 0.6) is 0 Å². The lowest BCUT2D eigenvalue weighted by Gasteiger charge is -2.37. The average Bonchev–Trinajstić information content (AvgIpc) is 2.86. The monoisotopic (exact) mass is 545 g/mol. The highest BCUT2D eigenvalue weighted by molar-refractivity contribution is 5.92. The first-order valence-electron chi connectivity index (χ1n) is 15.0. The van der Waals surface area contributed by atoms with Crippen LogP contribution in [-0.4, -0.2) is 47.5 Å². The van der Waals surface area contributed by atoms with Crippen LogP contribution in [-0.2, 0) is 14.3 Å². The molecule has 0 aliphatic carbocycles. The number of nitrogens with zero attached hydrogens (tertiary/aromatic N) is 1. The summed E-state index contributed by atoms with van der Waals surface area (Å²) in [5.41, 5.74) is 2.20. The maximum Gasteiger partial charge on any atom is 0.408 e. The number of rotatable bonds is 16. The summed E-state index contributed by atoms with van der Waals surface area (Å²) in [5, 5.41) is 5.94. The number of alkyl carbamates (subject to hydrolysis) is 1. The van der Waals surface area contributed by atoms with Crippen molar-refractivity contribution in [2.24, 2.45) is 5.92 Å². The van der Waals surface area contributed by atoms with E-state index in [1.807, 2.05) is 45.9 Å². The summed E-state index contributed by atoms with van der Waals surface area (Å²) in [6, 6.07) is 4.32. The Hall–Kier alpha value is -2.57. The normalized spacial score (nSPS) is 13.8. The third kappa shape index (κ3) is 11.6.